The van der Waals surface area contributed by atoms with Gasteiger partial charge in [0.2, 0.25) is 0 Å². The van der Waals surface area contributed by atoms with Crippen molar-refractivity contribution in [3.8, 4) is 5.75 Å². The lowest BCUT2D eigenvalue weighted by atomic mass is 9.87. The largest absolute Gasteiger partial charge is 0.491 e. The second kappa shape index (κ2) is 12.2. The van der Waals surface area contributed by atoms with E-state index >= 15 is 0 Å². The van der Waals surface area contributed by atoms with Crippen molar-refractivity contribution in [2.45, 2.75) is 63.8 Å². The summed E-state index contributed by atoms with van der Waals surface area (Å²) in [5.74, 6) is 0.753. The van der Waals surface area contributed by atoms with E-state index in [0.29, 0.717) is 12.2 Å². The van der Waals surface area contributed by atoms with Crippen molar-refractivity contribution in [2.75, 3.05) is 19.8 Å². The van der Waals surface area contributed by atoms with Crippen molar-refractivity contribution in [1.29, 1.82) is 0 Å². The number of nitrogens with one attached hydrogen (secondary N) is 2. The van der Waals surface area contributed by atoms with Crippen LogP contribution in [0.1, 0.15) is 52.7 Å². The number of ether oxygens (including phenoxy) is 2. The maximum absolute atomic E-state index is 12.8. The van der Waals surface area contributed by atoms with Crippen molar-refractivity contribution in [3.05, 3.63) is 83.4 Å². The predicted octanol–water partition coefficient (Wildman–Crippen LogP) is 3.91. The molecule has 0 unspecified atom stereocenters. The smallest absolute Gasteiger partial charge is 0.251 e. The van der Waals surface area contributed by atoms with Crippen LogP contribution in [0.3, 0.4) is 0 Å². The number of fused-ring (bicyclic) bond motifs is 1. The third-order valence-corrected chi connectivity index (χ3v) is 7.07. The molecule has 190 valence electrons. The van der Waals surface area contributed by atoms with E-state index < -0.39 is 0 Å². The summed E-state index contributed by atoms with van der Waals surface area (Å²) in [6, 6.07) is 14.3. The second-order valence-corrected chi connectivity index (χ2v) is 9.82. The van der Waals surface area contributed by atoms with E-state index in [1.54, 1.807) is 0 Å². The maximum Gasteiger partial charge on any atom is 0.251 e. The molecule has 7 heteroatoms. The minimum absolute atomic E-state index is 0.0226. The molecular weight excluding hydrogens is 452 g/mol. The molecule has 36 heavy (non-hydrogen) atoms. The Morgan fingerprint density at radius 1 is 1.14 bits per heavy atom. The highest BCUT2D eigenvalue weighted by Gasteiger charge is 2.21. The summed E-state index contributed by atoms with van der Waals surface area (Å²) in [6.45, 7) is 4.23. The number of carbonyl (C=O) groups is 1. The molecule has 1 aliphatic heterocycles. The minimum Gasteiger partial charge on any atom is -0.491 e. The Labute approximate surface area is 213 Å². The normalized spacial score (nSPS) is 19.1. The molecule has 0 bridgehead atoms. The van der Waals surface area contributed by atoms with E-state index in [2.05, 4.69) is 38.4 Å². The Balaban J connectivity index is 1.05. The first kappa shape index (κ1) is 24.5. The Kier molecular flexibility index (Phi) is 8.31. The molecule has 2 aliphatic rings. The average Bonchev–Trinajstić information content (AvgIpc) is 3.62. The van der Waals surface area contributed by atoms with Gasteiger partial charge in [-0.25, -0.2) is 4.98 Å². The lowest BCUT2D eigenvalue weighted by molar-refractivity contribution is 0.0679. The molecule has 1 amide bonds. The summed E-state index contributed by atoms with van der Waals surface area (Å²) >= 11 is 0. The molecule has 5 rings (SSSR count). The van der Waals surface area contributed by atoms with Gasteiger partial charge in [0.15, 0.2) is 0 Å². The van der Waals surface area contributed by atoms with Crippen molar-refractivity contribution >= 4 is 5.91 Å². The fourth-order valence-electron chi connectivity index (χ4n) is 5.02. The summed E-state index contributed by atoms with van der Waals surface area (Å²) in [4.78, 5) is 16.9. The van der Waals surface area contributed by atoms with Crippen LogP contribution in [0.4, 0.5) is 0 Å². The molecule has 0 radical (unpaired) electrons. The quantitative estimate of drug-likeness (QED) is 0.400. The van der Waals surface area contributed by atoms with E-state index in [9.17, 15) is 4.79 Å². The summed E-state index contributed by atoms with van der Waals surface area (Å²) in [7, 11) is 0. The van der Waals surface area contributed by atoms with Gasteiger partial charge in [0.1, 0.15) is 12.4 Å². The third kappa shape index (κ3) is 6.74. The SMILES string of the molecule is O=C(N[C@H]1CCc2cc(CNCCCn3ccnc3)ccc2C1)c1ccc(OC[C@@H]2CCCO2)cc1. The highest BCUT2D eigenvalue weighted by molar-refractivity contribution is 5.94. The van der Waals surface area contributed by atoms with Crippen LogP contribution in [0.2, 0.25) is 0 Å². The fourth-order valence-corrected chi connectivity index (χ4v) is 5.02. The molecule has 7 nitrogen and oxygen atoms in total. The van der Waals surface area contributed by atoms with E-state index in [1.807, 2.05) is 43.0 Å². The molecule has 1 aromatic heterocycles. The molecule has 2 atom stereocenters. The second-order valence-electron chi connectivity index (χ2n) is 9.82. The van der Waals surface area contributed by atoms with Crippen LogP contribution in [-0.4, -0.2) is 47.4 Å². The molecule has 2 N–H and O–H groups in total. The lowest BCUT2D eigenvalue weighted by Crippen LogP contribution is -2.38. The Morgan fingerprint density at radius 3 is 2.86 bits per heavy atom. The number of hydrogen-bond acceptors (Lipinski definition) is 5. The molecule has 0 spiro atoms. The van der Waals surface area contributed by atoms with Gasteiger partial charge >= 0.3 is 0 Å². The van der Waals surface area contributed by atoms with Gasteiger partial charge in [-0.15, -0.1) is 0 Å². The topological polar surface area (TPSA) is 77.4 Å². The van der Waals surface area contributed by atoms with Crippen LogP contribution in [0.25, 0.3) is 0 Å². The Morgan fingerprint density at radius 2 is 2.06 bits per heavy atom. The van der Waals surface area contributed by atoms with Crippen LogP contribution < -0.4 is 15.4 Å². The first-order valence-electron chi connectivity index (χ1n) is 13.2. The zero-order chi connectivity index (χ0) is 24.6. The van der Waals surface area contributed by atoms with E-state index in [0.717, 1.165) is 70.5 Å². The van der Waals surface area contributed by atoms with Crippen LogP contribution in [0.15, 0.2) is 61.2 Å². The lowest BCUT2D eigenvalue weighted by Gasteiger charge is -2.26. The first-order valence-corrected chi connectivity index (χ1v) is 13.2. The monoisotopic (exact) mass is 488 g/mol. The van der Waals surface area contributed by atoms with Crippen molar-refractivity contribution < 1.29 is 14.3 Å². The number of aryl methyl sites for hydroxylation is 2. The number of aromatic nitrogens is 2. The van der Waals surface area contributed by atoms with Gasteiger partial charge in [0.25, 0.3) is 5.91 Å². The summed E-state index contributed by atoms with van der Waals surface area (Å²) in [5, 5.41) is 6.77. The third-order valence-electron chi connectivity index (χ3n) is 7.07. The van der Waals surface area contributed by atoms with Gasteiger partial charge in [0, 0.05) is 43.7 Å². The van der Waals surface area contributed by atoms with E-state index in [-0.39, 0.29) is 18.1 Å². The highest BCUT2D eigenvalue weighted by Crippen LogP contribution is 2.23. The molecule has 1 saturated heterocycles. The number of nitrogens with zero attached hydrogens (tertiary/aromatic N) is 2. The first-order chi connectivity index (χ1) is 17.7. The van der Waals surface area contributed by atoms with Gasteiger partial charge < -0.3 is 24.7 Å². The van der Waals surface area contributed by atoms with Crippen molar-refractivity contribution in [1.82, 2.24) is 20.2 Å². The van der Waals surface area contributed by atoms with Gasteiger partial charge in [0.05, 0.1) is 12.4 Å². The van der Waals surface area contributed by atoms with Crippen LogP contribution in [0, 0.1) is 0 Å². The molecule has 2 aromatic carbocycles. The molecule has 3 aromatic rings. The van der Waals surface area contributed by atoms with Gasteiger partial charge in [-0.2, -0.15) is 0 Å². The van der Waals surface area contributed by atoms with Crippen LogP contribution in [0.5, 0.6) is 5.75 Å². The van der Waals surface area contributed by atoms with Gasteiger partial charge in [-0.05, 0) is 86.0 Å². The molecule has 2 heterocycles. The van der Waals surface area contributed by atoms with Crippen LogP contribution in [-0.2, 0) is 30.7 Å². The van der Waals surface area contributed by atoms with Gasteiger partial charge in [-0.3, -0.25) is 4.79 Å². The molecule has 1 aliphatic carbocycles. The molecule has 0 saturated carbocycles. The highest BCUT2D eigenvalue weighted by atomic mass is 16.5. The van der Waals surface area contributed by atoms with Crippen molar-refractivity contribution in [3.63, 3.8) is 0 Å². The number of carbonyl (C=O) groups excluding carboxylic acids is 1. The maximum atomic E-state index is 12.8. The van der Waals surface area contributed by atoms with Crippen LogP contribution >= 0.6 is 0 Å². The predicted molar refractivity (Wildman–Crippen MR) is 139 cm³/mol. The molecule has 1 fully saturated rings. The average molecular weight is 489 g/mol. The molecular formula is C29H36N4O3. The zero-order valence-corrected chi connectivity index (χ0v) is 20.8. The summed E-state index contributed by atoms with van der Waals surface area (Å²) < 4.78 is 13.5. The zero-order valence-electron chi connectivity index (χ0n) is 20.8. The number of hydrogen-bond donors (Lipinski definition) is 2. The summed E-state index contributed by atoms with van der Waals surface area (Å²) in [5.41, 5.74) is 4.74. The standard InChI is InChI=1S/C29H36N4O3/c34-29(23-7-10-27(11-8-23)36-20-28-3-1-16-35-28)32-26-9-6-24-17-22(4-5-25(24)18-26)19-30-12-2-14-33-15-13-31-21-33/h4-5,7-8,10-11,13,15,17,21,26,28,30H,1-3,6,9,12,14,16,18-20H2,(H,32,34)/t26-,28-/m0/s1. The van der Waals surface area contributed by atoms with E-state index in [1.165, 1.54) is 16.7 Å². The fraction of sp³-hybridized carbons (Fsp3) is 0.448. The number of rotatable bonds is 11. The van der Waals surface area contributed by atoms with Crippen molar-refractivity contribution in [2.24, 2.45) is 0 Å². The van der Waals surface area contributed by atoms with E-state index in [4.69, 9.17) is 9.47 Å². The minimum atomic E-state index is -0.0226. The van der Waals surface area contributed by atoms with Gasteiger partial charge in [-0.1, -0.05) is 18.2 Å². The Bertz CT molecular complexity index is 1110. The number of imidazole rings is 1. The number of amides is 1. The summed E-state index contributed by atoms with van der Waals surface area (Å²) in [6.07, 6.45) is 11.9. The number of benzene rings is 2. The Hall–Kier alpha value is -3.16.